The van der Waals surface area contributed by atoms with Crippen LogP contribution >= 0.6 is 11.6 Å². The highest BCUT2D eigenvalue weighted by molar-refractivity contribution is 6.30. The summed E-state index contributed by atoms with van der Waals surface area (Å²) < 4.78 is 55.5. The van der Waals surface area contributed by atoms with Crippen LogP contribution in [0.5, 0.6) is 0 Å². The number of benzene rings is 2. The molecule has 2 aliphatic rings. The molecule has 2 saturated heterocycles. The van der Waals surface area contributed by atoms with Gasteiger partial charge >= 0.3 is 6.18 Å². The standard InChI is InChI=1S/C28H32ClF4N3O3/c1-17-10-23(4-5-24(17)25(37)34(2)3)35-8-6-18(7-9-35)11-19-15-36(16-19)26(38)27(39,28(31,32)33)20-12-21(29)14-22(30)13-20/h4-5,10,12-14,18-19,39H,6-9,11,15-16H2,1-3H3/t27-/m1/s1. The minimum absolute atomic E-state index is 0.0256. The second-order valence-corrected chi connectivity index (χ2v) is 11.2. The molecule has 6 nitrogen and oxygen atoms in total. The van der Waals surface area contributed by atoms with Gasteiger partial charge in [-0.3, -0.25) is 9.59 Å². The number of hydrogen-bond donors (Lipinski definition) is 1. The third-order valence-electron chi connectivity index (χ3n) is 7.74. The number of carbonyl (C=O) groups excluding carboxylic acids is 2. The van der Waals surface area contributed by atoms with Gasteiger partial charge in [-0.2, -0.15) is 13.2 Å². The topological polar surface area (TPSA) is 64.1 Å². The van der Waals surface area contributed by atoms with Crippen molar-refractivity contribution in [3.05, 3.63) is 63.9 Å². The highest BCUT2D eigenvalue weighted by atomic mass is 35.5. The summed E-state index contributed by atoms with van der Waals surface area (Å²) in [7, 11) is 3.43. The number of halogens is 5. The van der Waals surface area contributed by atoms with Gasteiger partial charge in [0.1, 0.15) is 5.82 Å². The van der Waals surface area contributed by atoms with Crippen molar-refractivity contribution < 1.29 is 32.3 Å². The van der Waals surface area contributed by atoms with Crippen LogP contribution in [0, 0.1) is 24.6 Å². The maximum absolute atomic E-state index is 13.9. The fraction of sp³-hybridized carbons (Fsp3) is 0.500. The molecule has 0 saturated carbocycles. The summed E-state index contributed by atoms with van der Waals surface area (Å²) in [6, 6.07) is 7.86. The first-order valence-corrected chi connectivity index (χ1v) is 13.2. The van der Waals surface area contributed by atoms with E-state index in [0.717, 1.165) is 60.6 Å². The number of carbonyl (C=O) groups is 2. The zero-order valence-electron chi connectivity index (χ0n) is 22.1. The molecule has 0 radical (unpaired) electrons. The molecule has 2 aromatic carbocycles. The summed E-state index contributed by atoms with van der Waals surface area (Å²) in [5.74, 6) is -2.25. The van der Waals surface area contributed by atoms with Gasteiger partial charge in [0, 0.05) is 62.1 Å². The molecule has 2 aromatic rings. The molecule has 1 N–H and O–H groups in total. The lowest BCUT2D eigenvalue weighted by atomic mass is 9.82. The van der Waals surface area contributed by atoms with Crippen molar-refractivity contribution in [3.63, 3.8) is 0 Å². The maximum atomic E-state index is 13.9. The first-order chi connectivity index (χ1) is 18.2. The van der Waals surface area contributed by atoms with Crippen LogP contribution in [-0.2, 0) is 10.4 Å². The van der Waals surface area contributed by atoms with E-state index in [-0.39, 0.29) is 29.9 Å². The summed E-state index contributed by atoms with van der Waals surface area (Å²) in [6.07, 6.45) is -2.79. The highest BCUT2D eigenvalue weighted by Crippen LogP contribution is 2.43. The molecule has 2 fully saturated rings. The highest BCUT2D eigenvalue weighted by Gasteiger charge is 2.63. The largest absolute Gasteiger partial charge is 0.430 e. The van der Waals surface area contributed by atoms with Gasteiger partial charge in [-0.1, -0.05) is 11.6 Å². The fourth-order valence-electron chi connectivity index (χ4n) is 5.51. The summed E-state index contributed by atoms with van der Waals surface area (Å²) in [5, 5.41) is 10.2. The average molecular weight is 570 g/mol. The molecule has 1 atom stereocenters. The number of rotatable bonds is 6. The predicted molar refractivity (Wildman–Crippen MR) is 140 cm³/mol. The first-order valence-electron chi connectivity index (χ1n) is 12.8. The zero-order valence-corrected chi connectivity index (χ0v) is 22.8. The second-order valence-electron chi connectivity index (χ2n) is 10.8. The molecular formula is C28H32ClF4N3O3. The summed E-state index contributed by atoms with van der Waals surface area (Å²) in [4.78, 5) is 29.9. The minimum Gasteiger partial charge on any atom is -0.372 e. The van der Waals surface area contributed by atoms with Gasteiger partial charge in [-0.05, 0) is 80.0 Å². The number of hydrogen-bond acceptors (Lipinski definition) is 4. The van der Waals surface area contributed by atoms with Gasteiger partial charge < -0.3 is 19.8 Å². The van der Waals surface area contributed by atoms with E-state index in [1.807, 2.05) is 25.1 Å². The molecule has 11 heteroatoms. The van der Waals surface area contributed by atoms with Crippen LogP contribution in [-0.4, -0.2) is 73.2 Å². The Morgan fingerprint density at radius 2 is 1.69 bits per heavy atom. The number of likely N-dealkylation sites (tertiary alicyclic amines) is 1. The number of nitrogens with zero attached hydrogens (tertiary/aromatic N) is 3. The number of piperidine rings is 1. The van der Waals surface area contributed by atoms with Gasteiger partial charge in [0.25, 0.3) is 17.4 Å². The van der Waals surface area contributed by atoms with E-state index in [2.05, 4.69) is 4.90 Å². The lowest BCUT2D eigenvalue weighted by Gasteiger charge is -2.45. The fourth-order valence-corrected chi connectivity index (χ4v) is 5.73. The number of anilines is 1. The van der Waals surface area contributed by atoms with E-state index < -0.39 is 29.1 Å². The summed E-state index contributed by atoms with van der Waals surface area (Å²) in [5.41, 5.74) is -2.19. The Bertz CT molecular complexity index is 1220. The number of aryl methyl sites for hydroxylation is 1. The molecule has 212 valence electrons. The molecule has 0 spiro atoms. The third kappa shape index (κ3) is 5.87. The monoisotopic (exact) mass is 569 g/mol. The van der Waals surface area contributed by atoms with Gasteiger partial charge in [-0.25, -0.2) is 4.39 Å². The maximum Gasteiger partial charge on any atom is 0.430 e. The van der Waals surface area contributed by atoms with E-state index in [4.69, 9.17) is 11.6 Å². The Morgan fingerprint density at radius 1 is 1.05 bits per heavy atom. The van der Waals surface area contributed by atoms with Gasteiger partial charge in [0.05, 0.1) is 0 Å². The van der Waals surface area contributed by atoms with Gasteiger partial charge in [0.15, 0.2) is 0 Å². The van der Waals surface area contributed by atoms with Crippen LogP contribution in [0.15, 0.2) is 36.4 Å². The lowest BCUT2D eigenvalue weighted by Crippen LogP contribution is -2.61. The Labute approximate surface area is 230 Å². The normalized spacial score (nSPS) is 18.5. The van der Waals surface area contributed by atoms with Crippen molar-refractivity contribution in [2.24, 2.45) is 11.8 Å². The molecule has 39 heavy (non-hydrogen) atoms. The Hall–Kier alpha value is -2.85. The average Bonchev–Trinajstić information content (AvgIpc) is 2.83. The van der Waals surface area contributed by atoms with Crippen LogP contribution < -0.4 is 4.90 Å². The molecule has 0 bridgehead atoms. The first kappa shape index (κ1) is 29.1. The molecule has 4 rings (SSSR count). The van der Waals surface area contributed by atoms with Crippen molar-refractivity contribution >= 4 is 29.1 Å². The third-order valence-corrected chi connectivity index (χ3v) is 7.96. The SMILES string of the molecule is Cc1cc(N2CCC(CC3CN(C(=O)[C@](O)(c4cc(F)cc(Cl)c4)C(F)(F)F)C3)CC2)ccc1C(=O)N(C)C. The van der Waals surface area contributed by atoms with Crippen LogP contribution in [0.25, 0.3) is 0 Å². The number of aliphatic hydroxyl groups is 1. The van der Waals surface area contributed by atoms with Crippen molar-refractivity contribution in [2.75, 3.05) is 45.2 Å². The van der Waals surface area contributed by atoms with Crippen LogP contribution in [0.3, 0.4) is 0 Å². The Balaban J connectivity index is 1.32. The molecule has 2 amide bonds. The molecule has 0 unspecified atom stereocenters. The minimum atomic E-state index is -5.35. The van der Waals surface area contributed by atoms with Gasteiger partial charge in [0.2, 0.25) is 0 Å². The Kier molecular flexibility index (Phi) is 8.19. The van der Waals surface area contributed by atoms with Crippen molar-refractivity contribution in [1.29, 1.82) is 0 Å². The van der Waals surface area contributed by atoms with E-state index in [1.165, 1.54) is 0 Å². The van der Waals surface area contributed by atoms with E-state index in [1.54, 1.807) is 19.0 Å². The van der Waals surface area contributed by atoms with E-state index >= 15 is 0 Å². The van der Waals surface area contributed by atoms with Crippen LogP contribution in [0.4, 0.5) is 23.2 Å². The van der Waals surface area contributed by atoms with E-state index in [9.17, 15) is 32.3 Å². The van der Waals surface area contributed by atoms with Crippen LogP contribution in [0.2, 0.25) is 5.02 Å². The smallest absolute Gasteiger partial charge is 0.372 e. The zero-order chi connectivity index (χ0) is 28.7. The number of amides is 2. The van der Waals surface area contributed by atoms with Crippen molar-refractivity contribution in [1.82, 2.24) is 9.80 Å². The Morgan fingerprint density at radius 3 is 2.23 bits per heavy atom. The quantitative estimate of drug-likeness (QED) is 0.497. The number of alkyl halides is 3. The molecule has 0 aromatic heterocycles. The molecular weight excluding hydrogens is 538 g/mol. The molecule has 0 aliphatic carbocycles. The summed E-state index contributed by atoms with van der Waals surface area (Å²) >= 11 is 5.70. The van der Waals surface area contributed by atoms with Gasteiger partial charge in [-0.15, -0.1) is 0 Å². The summed E-state index contributed by atoms with van der Waals surface area (Å²) in [6.45, 7) is 3.74. The lowest BCUT2D eigenvalue weighted by molar-refractivity contribution is -0.264. The van der Waals surface area contributed by atoms with Crippen molar-refractivity contribution in [3.8, 4) is 0 Å². The van der Waals surface area contributed by atoms with Crippen molar-refractivity contribution in [2.45, 2.75) is 38.0 Å². The predicted octanol–water partition coefficient (Wildman–Crippen LogP) is 5.00. The van der Waals surface area contributed by atoms with E-state index in [0.29, 0.717) is 17.5 Å². The molecule has 2 heterocycles. The molecule has 2 aliphatic heterocycles. The van der Waals surface area contributed by atoms with Crippen LogP contribution in [0.1, 0.15) is 40.7 Å². The second kappa shape index (κ2) is 11.0.